The van der Waals surface area contributed by atoms with Crippen molar-refractivity contribution in [2.75, 3.05) is 13.1 Å². The van der Waals surface area contributed by atoms with Crippen LogP contribution in [0.5, 0.6) is 0 Å². The molecule has 0 aromatic heterocycles. The van der Waals surface area contributed by atoms with Gasteiger partial charge in [-0.15, -0.1) is 0 Å². The molecule has 0 aromatic rings. The van der Waals surface area contributed by atoms with E-state index in [0.29, 0.717) is 6.54 Å². The van der Waals surface area contributed by atoms with Crippen LogP contribution in [0.4, 0.5) is 4.79 Å². The molecule has 13 heavy (non-hydrogen) atoms. The van der Waals surface area contributed by atoms with Crippen LogP contribution in [0.3, 0.4) is 0 Å². The largest absolute Gasteiger partial charge is 0.479 e. The Balaban J connectivity index is 3.44. The summed E-state index contributed by atoms with van der Waals surface area (Å²) in [5.41, 5.74) is 0. The highest BCUT2D eigenvalue weighted by Crippen LogP contribution is 1.88. The Labute approximate surface area is 75.9 Å². The Kier molecular flexibility index (Phi) is 5.62. The lowest BCUT2D eigenvalue weighted by Gasteiger charge is -2.07. The standard InChI is InChI=1S/C7H14N2O4/c1-2-8-7(13)9-4-3-5(10)6(11)12/h5,10H,2-4H2,1H3,(H,11,12)(H2,8,9,13). The van der Waals surface area contributed by atoms with Gasteiger partial charge in [0.05, 0.1) is 0 Å². The van der Waals surface area contributed by atoms with E-state index in [9.17, 15) is 9.59 Å². The average Bonchev–Trinajstić information content (AvgIpc) is 2.04. The van der Waals surface area contributed by atoms with Crippen LogP contribution in [0.2, 0.25) is 0 Å². The maximum Gasteiger partial charge on any atom is 0.332 e. The lowest BCUT2D eigenvalue weighted by molar-refractivity contribution is -0.146. The van der Waals surface area contributed by atoms with Gasteiger partial charge in [-0.1, -0.05) is 0 Å². The zero-order chi connectivity index (χ0) is 10.3. The van der Waals surface area contributed by atoms with Gasteiger partial charge in [0.25, 0.3) is 0 Å². The quantitative estimate of drug-likeness (QED) is 0.453. The van der Waals surface area contributed by atoms with Crippen LogP contribution in [0.1, 0.15) is 13.3 Å². The Hall–Kier alpha value is -1.30. The normalized spacial score (nSPS) is 11.8. The van der Waals surface area contributed by atoms with Gasteiger partial charge in [-0.25, -0.2) is 9.59 Å². The number of aliphatic hydroxyl groups is 1. The fourth-order valence-corrected chi connectivity index (χ4v) is 0.669. The van der Waals surface area contributed by atoms with Gasteiger partial charge >= 0.3 is 12.0 Å². The zero-order valence-electron chi connectivity index (χ0n) is 7.41. The van der Waals surface area contributed by atoms with E-state index >= 15 is 0 Å². The lowest BCUT2D eigenvalue weighted by Crippen LogP contribution is -2.37. The second kappa shape index (κ2) is 6.24. The number of hydrogen-bond donors (Lipinski definition) is 4. The van der Waals surface area contributed by atoms with Gasteiger partial charge in [-0.2, -0.15) is 0 Å². The van der Waals surface area contributed by atoms with E-state index in [1.165, 1.54) is 0 Å². The summed E-state index contributed by atoms with van der Waals surface area (Å²) >= 11 is 0. The number of aliphatic hydroxyl groups excluding tert-OH is 1. The average molecular weight is 190 g/mol. The third-order valence-electron chi connectivity index (χ3n) is 1.33. The molecular formula is C7H14N2O4. The molecule has 0 rings (SSSR count). The molecule has 1 atom stereocenters. The molecule has 6 nitrogen and oxygen atoms in total. The van der Waals surface area contributed by atoms with Gasteiger partial charge in [0, 0.05) is 19.5 Å². The van der Waals surface area contributed by atoms with Crippen LogP contribution in [0.25, 0.3) is 0 Å². The van der Waals surface area contributed by atoms with Gasteiger partial charge in [0.1, 0.15) is 0 Å². The van der Waals surface area contributed by atoms with E-state index in [1.54, 1.807) is 6.92 Å². The smallest absolute Gasteiger partial charge is 0.332 e. The summed E-state index contributed by atoms with van der Waals surface area (Å²) in [5, 5.41) is 21.9. The first-order chi connectivity index (χ1) is 6.07. The SMILES string of the molecule is CCNC(=O)NCCC(O)C(=O)O. The van der Waals surface area contributed by atoms with Gasteiger partial charge in [0.15, 0.2) is 6.10 Å². The molecule has 0 bridgehead atoms. The molecule has 0 aromatic carbocycles. The molecule has 0 radical (unpaired) electrons. The fourth-order valence-electron chi connectivity index (χ4n) is 0.669. The third kappa shape index (κ3) is 5.92. The van der Waals surface area contributed by atoms with E-state index < -0.39 is 12.1 Å². The zero-order valence-corrected chi connectivity index (χ0v) is 7.41. The maximum atomic E-state index is 10.7. The molecule has 76 valence electrons. The van der Waals surface area contributed by atoms with Crippen LogP contribution >= 0.6 is 0 Å². The predicted molar refractivity (Wildman–Crippen MR) is 45.3 cm³/mol. The van der Waals surface area contributed by atoms with Crippen molar-refractivity contribution in [3.05, 3.63) is 0 Å². The van der Waals surface area contributed by atoms with Crippen LogP contribution in [0, 0.1) is 0 Å². The summed E-state index contributed by atoms with van der Waals surface area (Å²) in [7, 11) is 0. The van der Waals surface area contributed by atoms with Crippen molar-refractivity contribution in [1.82, 2.24) is 10.6 Å². The Morgan fingerprint density at radius 1 is 1.38 bits per heavy atom. The molecular weight excluding hydrogens is 176 g/mol. The summed E-state index contributed by atoms with van der Waals surface area (Å²) in [4.78, 5) is 20.9. The van der Waals surface area contributed by atoms with Crippen molar-refractivity contribution >= 4 is 12.0 Å². The maximum absolute atomic E-state index is 10.7. The lowest BCUT2D eigenvalue weighted by atomic mass is 10.2. The number of carboxylic acid groups (broad SMARTS) is 1. The number of aliphatic carboxylic acids is 1. The minimum Gasteiger partial charge on any atom is -0.479 e. The number of carbonyl (C=O) groups is 2. The Morgan fingerprint density at radius 2 is 2.00 bits per heavy atom. The van der Waals surface area contributed by atoms with Crippen molar-refractivity contribution in [3.63, 3.8) is 0 Å². The summed E-state index contributed by atoms with van der Waals surface area (Å²) in [5.74, 6) is -1.28. The van der Waals surface area contributed by atoms with Crippen molar-refractivity contribution in [2.24, 2.45) is 0 Å². The van der Waals surface area contributed by atoms with Gasteiger partial charge < -0.3 is 20.8 Å². The number of urea groups is 1. The van der Waals surface area contributed by atoms with E-state index in [4.69, 9.17) is 10.2 Å². The van der Waals surface area contributed by atoms with Crippen LogP contribution in [-0.2, 0) is 4.79 Å². The Bertz CT molecular complexity index is 183. The van der Waals surface area contributed by atoms with Gasteiger partial charge in [0.2, 0.25) is 0 Å². The van der Waals surface area contributed by atoms with Crippen molar-refractivity contribution in [3.8, 4) is 0 Å². The van der Waals surface area contributed by atoms with E-state index in [0.717, 1.165) is 0 Å². The van der Waals surface area contributed by atoms with Crippen molar-refractivity contribution in [1.29, 1.82) is 0 Å². The van der Waals surface area contributed by atoms with Gasteiger partial charge in [-0.05, 0) is 6.92 Å². The van der Waals surface area contributed by atoms with Gasteiger partial charge in [-0.3, -0.25) is 0 Å². The molecule has 0 aliphatic rings. The molecule has 0 spiro atoms. The summed E-state index contributed by atoms with van der Waals surface area (Å²) in [6.07, 6.45) is -1.41. The molecule has 4 N–H and O–H groups in total. The second-order valence-electron chi connectivity index (χ2n) is 2.43. The highest BCUT2D eigenvalue weighted by atomic mass is 16.4. The summed E-state index contributed by atoms with van der Waals surface area (Å²) < 4.78 is 0. The van der Waals surface area contributed by atoms with E-state index in [1.807, 2.05) is 0 Å². The molecule has 2 amide bonds. The molecule has 6 heteroatoms. The molecule has 0 heterocycles. The number of hydrogen-bond acceptors (Lipinski definition) is 3. The molecule has 0 saturated carbocycles. The topological polar surface area (TPSA) is 98.7 Å². The van der Waals surface area contributed by atoms with Crippen LogP contribution in [-0.4, -0.2) is 41.4 Å². The molecule has 0 aliphatic carbocycles. The molecule has 0 saturated heterocycles. The number of amides is 2. The number of nitrogens with one attached hydrogen (secondary N) is 2. The molecule has 0 fully saturated rings. The van der Waals surface area contributed by atoms with E-state index in [-0.39, 0.29) is 19.0 Å². The van der Waals surface area contributed by atoms with Crippen molar-refractivity contribution in [2.45, 2.75) is 19.4 Å². The minimum absolute atomic E-state index is 0.00642. The highest BCUT2D eigenvalue weighted by Gasteiger charge is 2.12. The highest BCUT2D eigenvalue weighted by molar-refractivity contribution is 5.74. The predicted octanol–water partition coefficient (Wildman–Crippen LogP) is -0.859. The first-order valence-electron chi connectivity index (χ1n) is 4.00. The first-order valence-corrected chi connectivity index (χ1v) is 4.00. The molecule has 1 unspecified atom stereocenters. The van der Waals surface area contributed by atoms with Crippen molar-refractivity contribution < 1.29 is 19.8 Å². The Morgan fingerprint density at radius 3 is 2.46 bits per heavy atom. The monoisotopic (exact) mass is 190 g/mol. The third-order valence-corrected chi connectivity index (χ3v) is 1.33. The number of carboxylic acids is 1. The van der Waals surface area contributed by atoms with Crippen LogP contribution < -0.4 is 10.6 Å². The van der Waals surface area contributed by atoms with E-state index in [2.05, 4.69) is 10.6 Å². The fraction of sp³-hybridized carbons (Fsp3) is 0.714. The first kappa shape index (κ1) is 11.7. The molecule has 0 aliphatic heterocycles. The summed E-state index contributed by atoms with van der Waals surface area (Å²) in [6.45, 7) is 2.41. The minimum atomic E-state index is -1.41. The second-order valence-corrected chi connectivity index (χ2v) is 2.43. The summed E-state index contributed by atoms with van der Waals surface area (Å²) in [6, 6.07) is -0.361. The number of rotatable bonds is 5. The number of carbonyl (C=O) groups excluding carboxylic acids is 1. The van der Waals surface area contributed by atoms with Crippen LogP contribution in [0.15, 0.2) is 0 Å².